The van der Waals surface area contributed by atoms with Gasteiger partial charge in [0.15, 0.2) is 6.61 Å². The summed E-state index contributed by atoms with van der Waals surface area (Å²) in [6.07, 6.45) is 0.854. The van der Waals surface area contributed by atoms with Crippen LogP contribution in [0, 0.1) is 5.92 Å². The van der Waals surface area contributed by atoms with Gasteiger partial charge in [-0.2, -0.15) is 0 Å². The summed E-state index contributed by atoms with van der Waals surface area (Å²) in [4.78, 5) is 24.5. The van der Waals surface area contributed by atoms with Crippen LogP contribution in [0.25, 0.3) is 0 Å². The monoisotopic (exact) mass is 418 g/mol. The maximum Gasteiger partial charge on any atom is 0.276 e. The van der Waals surface area contributed by atoms with Crippen LogP contribution in [0.3, 0.4) is 0 Å². The SMILES string of the molecule is CC[C@@H](C)[C@@H](C(=O)NNC(=O)COc1cccc(Br)c1)c1ccccc1. The Morgan fingerprint density at radius 3 is 2.46 bits per heavy atom. The molecule has 0 aliphatic carbocycles. The fourth-order valence-corrected chi connectivity index (χ4v) is 2.96. The minimum Gasteiger partial charge on any atom is -0.484 e. The van der Waals surface area contributed by atoms with E-state index in [0.29, 0.717) is 5.75 Å². The van der Waals surface area contributed by atoms with Gasteiger partial charge in [0.05, 0.1) is 5.92 Å². The number of amides is 2. The number of hydrogen-bond acceptors (Lipinski definition) is 3. The highest BCUT2D eigenvalue weighted by molar-refractivity contribution is 9.10. The Morgan fingerprint density at radius 2 is 1.81 bits per heavy atom. The minimum absolute atomic E-state index is 0.146. The maximum absolute atomic E-state index is 12.6. The molecular formula is C20H23BrN2O3. The number of nitrogens with one attached hydrogen (secondary N) is 2. The lowest BCUT2D eigenvalue weighted by Crippen LogP contribution is -2.46. The molecule has 0 radical (unpaired) electrons. The number of ether oxygens (including phenoxy) is 1. The molecule has 0 aromatic heterocycles. The van der Waals surface area contributed by atoms with Gasteiger partial charge < -0.3 is 4.74 Å². The van der Waals surface area contributed by atoms with E-state index in [2.05, 4.69) is 26.8 Å². The molecule has 0 bridgehead atoms. The molecule has 2 atom stereocenters. The third kappa shape index (κ3) is 5.88. The van der Waals surface area contributed by atoms with Crippen LogP contribution >= 0.6 is 15.9 Å². The molecule has 2 aromatic carbocycles. The van der Waals surface area contributed by atoms with Crippen molar-refractivity contribution >= 4 is 27.7 Å². The van der Waals surface area contributed by atoms with Crippen LogP contribution < -0.4 is 15.6 Å². The predicted octanol–water partition coefficient (Wildman–Crippen LogP) is 3.81. The maximum atomic E-state index is 12.6. The second-order valence-corrected chi connectivity index (χ2v) is 6.97. The van der Waals surface area contributed by atoms with E-state index in [9.17, 15) is 9.59 Å². The van der Waals surface area contributed by atoms with Gasteiger partial charge in [0.1, 0.15) is 5.75 Å². The Balaban J connectivity index is 1.89. The third-order valence-electron chi connectivity index (χ3n) is 4.15. The third-order valence-corrected chi connectivity index (χ3v) is 4.64. The lowest BCUT2D eigenvalue weighted by atomic mass is 9.85. The molecule has 0 spiro atoms. The van der Waals surface area contributed by atoms with Crippen molar-refractivity contribution in [3.8, 4) is 5.75 Å². The molecule has 138 valence electrons. The van der Waals surface area contributed by atoms with Crippen LogP contribution in [0.1, 0.15) is 31.7 Å². The number of halogens is 1. The molecule has 0 saturated carbocycles. The first-order valence-electron chi connectivity index (χ1n) is 8.53. The average Bonchev–Trinajstić information content (AvgIpc) is 2.65. The highest BCUT2D eigenvalue weighted by Gasteiger charge is 2.26. The first kappa shape index (κ1) is 20.0. The summed E-state index contributed by atoms with van der Waals surface area (Å²) in [7, 11) is 0. The molecule has 6 heteroatoms. The van der Waals surface area contributed by atoms with Crippen molar-refractivity contribution < 1.29 is 14.3 Å². The van der Waals surface area contributed by atoms with Gasteiger partial charge in [-0.1, -0.05) is 72.6 Å². The molecule has 0 fully saturated rings. The summed E-state index contributed by atoms with van der Waals surface area (Å²) < 4.78 is 6.27. The minimum atomic E-state index is -0.422. The molecule has 2 amide bonds. The van der Waals surface area contributed by atoms with E-state index < -0.39 is 5.91 Å². The van der Waals surface area contributed by atoms with Crippen LogP contribution in [-0.4, -0.2) is 18.4 Å². The zero-order chi connectivity index (χ0) is 18.9. The Morgan fingerprint density at radius 1 is 1.08 bits per heavy atom. The second-order valence-electron chi connectivity index (χ2n) is 6.06. The first-order chi connectivity index (χ1) is 12.5. The zero-order valence-electron chi connectivity index (χ0n) is 14.9. The number of hydrazine groups is 1. The first-order valence-corrected chi connectivity index (χ1v) is 9.32. The van der Waals surface area contributed by atoms with Gasteiger partial charge in [0.25, 0.3) is 5.91 Å². The van der Waals surface area contributed by atoms with E-state index in [0.717, 1.165) is 16.5 Å². The average molecular weight is 419 g/mol. The summed E-state index contributed by atoms with van der Waals surface area (Å²) in [5.74, 6) is -0.266. The van der Waals surface area contributed by atoms with Crippen molar-refractivity contribution in [1.82, 2.24) is 10.9 Å². The molecule has 2 aromatic rings. The van der Waals surface area contributed by atoms with Crippen LogP contribution in [0.15, 0.2) is 59.1 Å². The quantitative estimate of drug-likeness (QED) is 0.671. The molecule has 26 heavy (non-hydrogen) atoms. The van der Waals surface area contributed by atoms with Crippen molar-refractivity contribution in [3.05, 3.63) is 64.6 Å². The number of carbonyl (C=O) groups excluding carboxylic acids is 2. The van der Waals surface area contributed by atoms with Crippen molar-refractivity contribution in [2.24, 2.45) is 5.92 Å². The Kier molecular flexibility index (Phi) is 7.66. The molecule has 0 heterocycles. The van der Waals surface area contributed by atoms with Crippen molar-refractivity contribution in [2.45, 2.75) is 26.2 Å². The van der Waals surface area contributed by atoms with Gasteiger partial charge in [-0.15, -0.1) is 0 Å². The summed E-state index contributed by atoms with van der Waals surface area (Å²) in [6.45, 7) is 3.88. The lowest BCUT2D eigenvalue weighted by Gasteiger charge is -2.22. The van der Waals surface area contributed by atoms with Crippen molar-refractivity contribution in [1.29, 1.82) is 0 Å². The van der Waals surface area contributed by atoms with Crippen LogP contribution in [0.4, 0.5) is 0 Å². The topological polar surface area (TPSA) is 67.4 Å². The summed E-state index contributed by atoms with van der Waals surface area (Å²) in [5.41, 5.74) is 5.87. The van der Waals surface area contributed by atoms with E-state index >= 15 is 0 Å². The predicted molar refractivity (Wildman–Crippen MR) is 105 cm³/mol. The van der Waals surface area contributed by atoms with E-state index in [1.165, 1.54) is 0 Å². The largest absolute Gasteiger partial charge is 0.484 e. The number of hydrogen-bond donors (Lipinski definition) is 2. The highest BCUT2D eigenvalue weighted by Crippen LogP contribution is 2.26. The number of rotatable bonds is 7. The van der Waals surface area contributed by atoms with Gasteiger partial charge in [-0.3, -0.25) is 20.4 Å². The smallest absolute Gasteiger partial charge is 0.276 e. The number of carbonyl (C=O) groups is 2. The van der Waals surface area contributed by atoms with Crippen LogP contribution in [0.2, 0.25) is 0 Å². The standard InChI is InChI=1S/C20H23BrN2O3/c1-3-14(2)19(15-8-5-4-6-9-15)20(25)23-22-18(24)13-26-17-11-7-10-16(21)12-17/h4-12,14,19H,3,13H2,1-2H3,(H,22,24)(H,23,25)/t14-,19-/m1/s1. The highest BCUT2D eigenvalue weighted by atomic mass is 79.9. The van der Waals surface area contributed by atoms with Crippen molar-refractivity contribution in [2.75, 3.05) is 6.61 Å². The van der Waals surface area contributed by atoms with Gasteiger partial charge in [-0.25, -0.2) is 0 Å². The molecular weight excluding hydrogens is 396 g/mol. The summed E-state index contributed by atoms with van der Waals surface area (Å²) in [5, 5.41) is 0. The van der Waals surface area contributed by atoms with Gasteiger partial charge in [0.2, 0.25) is 5.91 Å². The van der Waals surface area contributed by atoms with E-state index in [1.807, 2.05) is 56.3 Å². The Hall–Kier alpha value is -2.34. The molecule has 0 aliphatic heterocycles. The molecule has 0 saturated heterocycles. The van der Waals surface area contributed by atoms with E-state index in [1.54, 1.807) is 12.1 Å². The van der Waals surface area contributed by atoms with Gasteiger partial charge in [-0.05, 0) is 29.7 Å². The molecule has 0 aliphatic rings. The van der Waals surface area contributed by atoms with Crippen LogP contribution in [-0.2, 0) is 9.59 Å². The molecule has 5 nitrogen and oxygen atoms in total. The van der Waals surface area contributed by atoms with Crippen molar-refractivity contribution in [3.63, 3.8) is 0 Å². The lowest BCUT2D eigenvalue weighted by molar-refractivity contribution is -0.131. The molecule has 2 rings (SSSR count). The second kappa shape index (κ2) is 9.97. The fourth-order valence-electron chi connectivity index (χ4n) is 2.59. The van der Waals surface area contributed by atoms with Gasteiger partial charge >= 0.3 is 0 Å². The van der Waals surface area contributed by atoms with Crippen LogP contribution in [0.5, 0.6) is 5.75 Å². The van der Waals surface area contributed by atoms with E-state index in [-0.39, 0.29) is 24.3 Å². The fraction of sp³-hybridized carbons (Fsp3) is 0.300. The number of benzene rings is 2. The van der Waals surface area contributed by atoms with Gasteiger partial charge in [0, 0.05) is 4.47 Å². The Labute approximate surface area is 162 Å². The molecule has 2 N–H and O–H groups in total. The van der Waals surface area contributed by atoms with E-state index in [4.69, 9.17) is 4.74 Å². The Bertz CT molecular complexity index is 737. The normalized spacial score (nSPS) is 12.7. The summed E-state index contributed by atoms with van der Waals surface area (Å²) >= 11 is 3.34. The molecule has 0 unspecified atom stereocenters. The summed E-state index contributed by atoms with van der Waals surface area (Å²) in [6, 6.07) is 16.8. The zero-order valence-corrected chi connectivity index (χ0v) is 16.5.